The third-order valence-corrected chi connectivity index (χ3v) is 1.96. The monoisotopic (exact) mass is 252 g/mol. The Kier molecular flexibility index (Phi) is 23.6. The lowest BCUT2D eigenvalue weighted by Gasteiger charge is -2.08. The second-order valence-corrected chi connectivity index (χ2v) is 4.91. The number of unbranched alkanes of at least 4 members (excludes halogenated alkanes) is 5. The van der Waals surface area contributed by atoms with E-state index in [2.05, 4.69) is 25.9 Å². The van der Waals surface area contributed by atoms with Crippen LogP contribution in [0.3, 0.4) is 0 Å². The van der Waals surface area contributed by atoms with Crippen LogP contribution in [0.25, 0.3) is 0 Å². The van der Waals surface area contributed by atoms with E-state index < -0.39 is 0 Å². The minimum Gasteiger partial charge on any atom is -0.312 e. The average molecular weight is 253 g/mol. The summed E-state index contributed by atoms with van der Waals surface area (Å²) in [5, 5.41) is 0. The van der Waals surface area contributed by atoms with Gasteiger partial charge in [0.15, 0.2) is 0 Å². The van der Waals surface area contributed by atoms with E-state index in [9.17, 15) is 0 Å². The van der Waals surface area contributed by atoms with Crippen LogP contribution in [-0.4, -0.2) is 51.6 Å². The number of hydrogen-bond acceptors (Lipinski definition) is 2. The Bertz CT molecular complexity index is 103. The van der Waals surface area contributed by atoms with Crippen LogP contribution in [0.5, 0.6) is 0 Å². The lowest BCUT2D eigenvalue weighted by atomic mass is 10.1. The lowest BCUT2D eigenvalue weighted by Crippen LogP contribution is -2.12. The zero-order chi connectivity index (χ0) is 12.1. The van der Waals surface area contributed by atoms with E-state index in [0.717, 1.165) is 0 Å². The summed E-state index contributed by atoms with van der Waals surface area (Å²) in [5.74, 6) is 0. The molecule has 0 radical (unpaired) electrons. The first kappa shape index (κ1) is 21.5. The van der Waals surface area contributed by atoms with Crippen molar-refractivity contribution in [2.45, 2.75) is 45.4 Å². The number of nitrogens with zero attached hydrogens (tertiary/aromatic N) is 2. The summed E-state index contributed by atoms with van der Waals surface area (Å²) in [5.41, 5.74) is 0. The molecule has 0 heterocycles. The Morgan fingerprint density at radius 1 is 0.688 bits per heavy atom. The fourth-order valence-corrected chi connectivity index (χ4v) is 1.21. The second kappa shape index (κ2) is 17.6. The third kappa shape index (κ3) is 36.8. The summed E-state index contributed by atoms with van der Waals surface area (Å²) in [6, 6.07) is 0. The van der Waals surface area contributed by atoms with Crippen LogP contribution in [0.15, 0.2) is 0 Å². The zero-order valence-corrected chi connectivity index (χ0v) is 13.1. The molecule has 0 unspecified atom stereocenters. The van der Waals surface area contributed by atoms with Crippen LogP contribution in [-0.2, 0) is 0 Å². The molecule has 102 valence electrons. The summed E-state index contributed by atoms with van der Waals surface area (Å²) < 4.78 is 0. The molecule has 0 aliphatic heterocycles. The van der Waals surface area contributed by atoms with Crippen molar-refractivity contribution in [1.82, 2.24) is 9.80 Å². The molecule has 0 aromatic heterocycles. The van der Waals surface area contributed by atoms with Crippen LogP contribution in [0.2, 0.25) is 0 Å². The van der Waals surface area contributed by atoms with Gasteiger partial charge in [0.1, 0.15) is 0 Å². The molecule has 0 rings (SSSR count). The van der Waals surface area contributed by atoms with Crippen LogP contribution in [0.4, 0.5) is 0 Å². The molecular weight excluding hydrogens is 220 g/mol. The van der Waals surface area contributed by atoms with Gasteiger partial charge in [-0.05, 0) is 48.2 Å². The molecule has 0 saturated carbocycles. The summed E-state index contributed by atoms with van der Waals surface area (Å²) in [6.07, 6.45) is 8.43. The topological polar surface area (TPSA) is 6.48 Å². The van der Waals surface area contributed by atoms with Crippen molar-refractivity contribution >= 4 is 12.4 Å². The second-order valence-electron chi connectivity index (χ2n) is 4.91. The van der Waals surface area contributed by atoms with Gasteiger partial charge in [0, 0.05) is 0 Å². The van der Waals surface area contributed by atoms with E-state index >= 15 is 0 Å². The van der Waals surface area contributed by atoms with Crippen molar-refractivity contribution in [2.24, 2.45) is 0 Å². The highest BCUT2D eigenvalue weighted by atomic mass is 35.5. The quantitative estimate of drug-likeness (QED) is 0.640. The molecule has 0 bridgehead atoms. The van der Waals surface area contributed by atoms with Crippen LogP contribution >= 0.6 is 12.4 Å². The average Bonchev–Trinajstić information content (AvgIpc) is 2.09. The Morgan fingerprint density at radius 2 is 1.06 bits per heavy atom. The van der Waals surface area contributed by atoms with Gasteiger partial charge in [0.05, 0.1) is 0 Å². The van der Waals surface area contributed by atoms with Gasteiger partial charge < -0.3 is 9.80 Å². The van der Waals surface area contributed by atoms with E-state index in [1.807, 2.05) is 26.0 Å². The van der Waals surface area contributed by atoms with Crippen molar-refractivity contribution in [1.29, 1.82) is 0 Å². The summed E-state index contributed by atoms with van der Waals surface area (Å²) in [4.78, 5) is 4.26. The molecule has 0 amide bonds. The van der Waals surface area contributed by atoms with Gasteiger partial charge in [-0.25, -0.2) is 0 Å². The van der Waals surface area contributed by atoms with Crippen molar-refractivity contribution < 1.29 is 0 Å². The van der Waals surface area contributed by atoms with Crippen LogP contribution < -0.4 is 0 Å². The van der Waals surface area contributed by atoms with Crippen molar-refractivity contribution in [3.05, 3.63) is 0 Å². The van der Waals surface area contributed by atoms with Gasteiger partial charge in [-0.1, -0.05) is 39.0 Å². The Labute approximate surface area is 110 Å². The Balaban J connectivity index is -0.000000292. The van der Waals surface area contributed by atoms with Crippen molar-refractivity contribution in [3.63, 3.8) is 0 Å². The van der Waals surface area contributed by atoms with Crippen molar-refractivity contribution in [2.75, 3.05) is 41.8 Å². The zero-order valence-electron chi connectivity index (χ0n) is 12.3. The molecule has 0 aromatic carbocycles. The highest BCUT2D eigenvalue weighted by molar-refractivity contribution is 5.85. The molecule has 0 spiro atoms. The van der Waals surface area contributed by atoms with Gasteiger partial charge in [-0.3, -0.25) is 0 Å². The van der Waals surface area contributed by atoms with E-state index in [4.69, 9.17) is 0 Å². The molecule has 0 aliphatic rings. The smallest absolute Gasteiger partial charge is 0.00248 e. The molecule has 2 nitrogen and oxygen atoms in total. The predicted octanol–water partition coefficient (Wildman–Crippen LogP) is 3.51. The van der Waals surface area contributed by atoms with Gasteiger partial charge in [0.2, 0.25) is 0 Å². The summed E-state index contributed by atoms with van der Waals surface area (Å²) in [7, 11) is 10.3. The van der Waals surface area contributed by atoms with Gasteiger partial charge in [-0.2, -0.15) is 0 Å². The van der Waals surface area contributed by atoms with E-state index in [1.54, 1.807) is 0 Å². The van der Waals surface area contributed by atoms with E-state index in [1.165, 1.54) is 45.1 Å². The van der Waals surface area contributed by atoms with Gasteiger partial charge in [0.25, 0.3) is 0 Å². The molecule has 0 atom stereocenters. The van der Waals surface area contributed by atoms with Gasteiger partial charge >= 0.3 is 0 Å². The number of rotatable bonds is 7. The SMILES string of the molecule is CCCCCCCCN(C)C.CN(C)C.Cl. The maximum atomic E-state index is 2.26. The highest BCUT2D eigenvalue weighted by Gasteiger charge is 1.90. The number of hydrogen-bond donors (Lipinski definition) is 0. The molecule has 0 aromatic rings. The van der Waals surface area contributed by atoms with Crippen LogP contribution in [0, 0.1) is 0 Å². The molecule has 0 aliphatic carbocycles. The first-order valence-electron chi connectivity index (χ1n) is 6.26. The molecule has 3 heteroatoms. The molecule has 0 N–H and O–H groups in total. The first-order chi connectivity index (χ1) is 7.00. The highest BCUT2D eigenvalue weighted by Crippen LogP contribution is 2.04. The fourth-order valence-electron chi connectivity index (χ4n) is 1.21. The maximum absolute atomic E-state index is 2.26. The minimum absolute atomic E-state index is 0. The Morgan fingerprint density at radius 3 is 1.44 bits per heavy atom. The Hall–Kier alpha value is 0.210. The summed E-state index contributed by atoms with van der Waals surface area (Å²) >= 11 is 0. The third-order valence-electron chi connectivity index (χ3n) is 1.96. The first-order valence-corrected chi connectivity index (χ1v) is 6.26. The normalized spacial score (nSPS) is 9.75. The molecular formula is C13H33ClN2. The summed E-state index contributed by atoms with van der Waals surface area (Å²) in [6.45, 7) is 3.52. The predicted molar refractivity (Wildman–Crippen MR) is 78.8 cm³/mol. The van der Waals surface area contributed by atoms with Crippen LogP contribution in [0.1, 0.15) is 45.4 Å². The lowest BCUT2D eigenvalue weighted by molar-refractivity contribution is 0.389. The molecule has 0 fully saturated rings. The number of halogens is 1. The van der Waals surface area contributed by atoms with Gasteiger partial charge in [-0.15, -0.1) is 12.4 Å². The van der Waals surface area contributed by atoms with E-state index in [0.29, 0.717) is 0 Å². The maximum Gasteiger partial charge on any atom is -0.00248 e. The van der Waals surface area contributed by atoms with Crippen molar-refractivity contribution in [3.8, 4) is 0 Å². The molecule has 16 heavy (non-hydrogen) atoms. The van der Waals surface area contributed by atoms with E-state index in [-0.39, 0.29) is 12.4 Å². The standard InChI is InChI=1S/C10H23N.C3H9N.ClH/c1-4-5-6-7-8-9-10-11(2)3;1-4(2)3;/h4-10H2,1-3H3;1-3H3;1H. The minimum atomic E-state index is 0. The largest absolute Gasteiger partial charge is 0.312 e. The fraction of sp³-hybridized carbons (Fsp3) is 1.00. The molecule has 0 saturated heterocycles.